The van der Waals surface area contributed by atoms with Gasteiger partial charge in [0.2, 0.25) is 10.0 Å². The van der Waals surface area contributed by atoms with E-state index in [-0.39, 0.29) is 18.0 Å². The number of non-ortho nitro benzene ring substituents is 1. The Balaban J connectivity index is 2.94. The zero-order valence-electron chi connectivity index (χ0n) is 10.3. The number of ether oxygens (including phenoxy) is 1. The van der Waals surface area contributed by atoms with E-state index >= 15 is 0 Å². The van der Waals surface area contributed by atoms with E-state index in [2.05, 4.69) is 9.46 Å². The largest absolute Gasteiger partial charge is 0.469 e. The van der Waals surface area contributed by atoms with Crippen molar-refractivity contribution < 1.29 is 22.9 Å². The molecule has 1 aromatic carbocycles. The third kappa shape index (κ3) is 4.15. The number of carbonyl (C=O) groups is 1. The van der Waals surface area contributed by atoms with Crippen molar-refractivity contribution in [3.63, 3.8) is 0 Å². The number of hydrogen-bond acceptors (Lipinski definition) is 6. The minimum Gasteiger partial charge on any atom is -0.469 e. The van der Waals surface area contributed by atoms with E-state index in [9.17, 15) is 23.3 Å². The number of sulfonamides is 1. The number of esters is 1. The molecule has 20 heavy (non-hydrogen) atoms. The number of carbonyl (C=O) groups excluding carboxylic acids is 1. The highest BCUT2D eigenvalue weighted by atomic mass is 35.5. The fourth-order valence-electron chi connectivity index (χ4n) is 1.28. The van der Waals surface area contributed by atoms with Crippen molar-refractivity contribution in [2.45, 2.75) is 11.3 Å². The molecule has 1 rings (SSSR count). The van der Waals surface area contributed by atoms with E-state index < -0.39 is 31.5 Å². The lowest BCUT2D eigenvalue weighted by Crippen LogP contribution is -2.26. The van der Waals surface area contributed by atoms with E-state index in [1.807, 2.05) is 0 Å². The van der Waals surface area contributed by atoms with Gasteiger partial charge in [0, 0.05) is 18.7 Å². The van der Waals surface area contributed by atoms with Crippen LogP contribution in [-0.4, -0.2) is 33.0 Å². The van der Waals surface area contributed by atoms with Gasteiger partial charge in [-0.3, -0.25) is 14.9 Å². The Bertz CT molecular complexity index is 631. The third-order valence-corrected chi connectivity index (χ3v) is 4.21. The second kappa shape index (κ2) is 6.64. The maximum absolute atomic E-state index is 11.9. The lowest BCUT2D eigenvalue weighted by molar-refractivity contribution is -0.385. The molecular formula is C10H11ClN2O6S. The van der Waals surface area contributed by atoms with Crippen molar-refractivity contribution in [1.29, 1.82) is 0 Å². The second-order valence-corrected chi connectivity index (χ2v) is 5.74. The first-order valence-corrected chi connectivity index (χ1v) is 7.14. The van der Waals surface area contributed by atoms with E-state index in [4.69, 9.17) is 11.6 Å². The van der Waals surface area contributed by atoms with Crippen LogP contribution in [0.2, 0.25) is 5.02 Å². The number of hydrogen-bond donors (Lipinski definition) is 1. The predicted octanol–water partition coefficient (Wildman–Crippen LogP) is 1.09. The van der Waals surface area contributed by atoms with Crippen LogP contribution in [0.4, 0.5) is 5.69 Å². The summed E-state index contributed by atoms with van der Waals surface area (Å²) < 4.78 is 30.3. The molecule has 0 atom stereocenters. The molecule has 0 amide bonds. The number of methoxy groups -OCH3 is 1. The Morgan fingerprint density at radius 2 is 2.15 bits per heavy atom. The molecule has 0 saturated carbocycles. The van der Waals surface area contributed by atoms with Crippen molar-refractivity contribution in [1.82, 2.24) is 4.72 Å². The smallest absolute Gasteiger partial charge is 0.306 e. The Kier molecular flexibility index (Phi) is 5.43. The molecule has 0 bridgehead atoms. The standard InChI is InChI=1S/C10H11ClN2O6S/c1-19-10(14)4-5-12-20(17,18)9-6-7(13(15)16)2-3-8(9)11/h2-3,6,12H,4-5H2,1H3. The van der Waals surface area contributed by atoms with Gasteiger partial charge < -0.3 is 4.74 Å². The highest BCUT2D eigenvalue weighted by Crippen LogP contribution is 2.25. The Hall–Kier alpha value is -1.71. The lowest BCUT2D eigenvalue weighted by atomic mass is 10.3. The molecule has 1 aromatic rings. The van der Waals surface area contributed by atoms with Crippen molar-refractivity contribution in [3.05, 3.63) is 33.3 Å². The van der Waals surface area contributed by atoms with Crippen molar-refractivity contribution in [2.24, 2.45) is 0 Å². The fourth-order valence-corrected chi connectivity index (χ4v) is 2.83. The van der Waals surface area contributed by atoms with Gasteiger partial charge in [-0.2, -0.15) is 0 Å². The number of halogens is 1. The van der Waals surface area contributed by atoms with Gasteiger partial charge in [0.15, 0.2) is 0 Å². The summed E-state index contributed by atoms with van der Waals surface area (Å²) in [5, 5.41) is 10.5. The summed E-state index contributed by atoms with van der Waals surface area (Å²) in [7, 11) is -2.87. The van der Waals surface area contributed by atoms with Gasteiger partial charge in [-0.1, -0.05) is 11.6 Å². The molecular weight excluding hydrogens is 312 g/mol. The van der Waals surface area contributed by atoms with Crippen LogP contribution in [-0.2, 0) is 19.6 Å². The van der Waals surface area contributed by atoms with Gasteiger partial charge in [-0.25, -0.2) is 13.1 Å². The third-order valence-electron chi connectivity index (χ3n) is 2.26. The highest BCUT2D eigenvalue weighted by Gasteiger charge is 2.21. The summed E-state index contributed by atoms with van der Waals surface area (Å²) in [6.07, 6.45) is -0.164. The van der Waals surface area contributed by atoms with Gasteiger partial charge in [0.25, 0.3) is 5.69 Å². The Morgan fingerprint density at radius 1 is 1.50 bits per heavy atom. The maximum atomic E-state index is 11.9. The first-order chi connectivity index (χ1) is 9.27. The molecule has 0 aliphatic rings. The average molecular weight is 323 g/mol. The minimum atomic E-state index is -4.05. The molecule has 0 heterocycles. The summed E-state index contributed by atoms with van der Waals surface area (Å²) in [6.45, 7) is -0.200. The van der Waals surface area contributed by atoms with E-state index in [1.54, 1.807) is 0 Å². The van der Waals surface area contributed by atoms with Gasteiger partial charge in [0.1, 0.15) is 4.90 Å². The van der Waals surface area contributed by atoms with Crippen LogP contribution >= 0.6 is 11.6 Å². The van der Waals surface area contributed by atoms with Crippen LogP contribution in [0.1, 0.15) is 6.42 Å². The molecule has 0 aliphatic heterocycles. The molecule has 0 fully saturated rings. The van der Waals surface area contributed by atoms with Crippen LogP contribution < -0.4 is 4.72 Å². The quantitative estimate of drug-likeness (QED) is 0.476. The van der Waals surface area contributed by atoms with E-state index in [0.717, 1.165) is 18.2 Å². The molecule has 10 heteroatoms. The second-order valence-electron chi connectivity index (χ2n) is 3.60. The summed E-state index contributed by atoms with van der Waals surface area (Å²) in [4.78, 5) is 20.3. The summed E-state index contributed by atoms with van der Waals surface area (Å²) in [5.41, 5.74) is -0.400. The fraction of sp³-hybridized carbons (Fsp3) is 0.300. The van der Waals surface area contributed by atoms with Gasteiger partial charge in [0.05, 0.1) is 23.5 Å². The van der Waals surface area contributed by atoms with Gasteiger partial charge >= 0.3 is 5.97 Å². The molecule has 0 aromatic heterocycles. The monoisotopic (exact) mass is 322 g/mol. The van der Waals surface area contributed by atoms with E-state index in [0.29, 0.717) is 0 Å². The number of benzene rings is 1. The number of nitro benzene ring substituents is 1. The van der Waals surface area contributed by atoms with E-state index in [1.165, 1.54) is 7.11 Å². The highest BCUT2D eigenvalue weighted by molar-refractivity contribution is 7.89. The van der Waals surface area contributed by atoms with Crippen molar-refractivity contribution in [3.8, 4) is 0 Å². The molecule has 0 unspecified atom stereocenters. The van der Waals surface area contributed by atoms with Gasteiger partial charge in [-0.15, -0.1) is 0 Å². The first kappa shape index (κ1) is 16.3. The SMILES string of the molecule is COC(=O)CCNS(=O)(=O)c1cc([N+](=O)[O-])ccc1Cl. The lowest BCUT2D eigenvalue weighted by Gasteiger charge is -2.07. The van der Waals surface area contributed by atoms with Gasteiger partial charge in [-0.05, 0) is 6.07 Å². The number of rotatable bonds is 6. The molecule has 110 valence electrons. The average Bonchev–Trinajstić information content (AvgIpc) is 2.38. The molecule has 1 N–H and O–H groups in total. The van der Waals surface area contributed by atoms with Crippen LogP contribution in [0.15, 0.2) is 23.1 Å². The van der Waals surface area contributed by atoms with Crippen LogP contribution in [0.25, 0.3) is 0 Å². The van der Waals surface area contributed by atoms with Crippen LogP contribution in [0, 0.1) is 10.1 Å². The summed E-state index contributed by atoms with van der Waals surface area (Å²) >= 11 is 5.72. The van der Waals surface area contributed by atoms with Crippen LogP contribution in [0.3, 0.4) is 0 Å². The zero-order chi connectivity index (χ0) is 15.3. The Labute approximate surface area is 119 Å². The molecule has 0 radical (unpaired) electrons. The predicted molar refractivity (Wildman–Crippen MR) is 69.9 cm³/mol. The molecule has 0 aliphatic carbocycles. The number of nitrogens with one attached hydrogen (secondary N) is 1. The number of nitro groups is 1. The summed E-state index contributed by atoms with van der Waals surface area (Å²) in [6, 6.07) is 3.06. The summed E-state index contributed by atoms with van der Waals surface area (Å²) in [5.74, 6) is -0.585. The topological polar surface area (TPSA) is 116 Å². The minimum absolute atomic E-state index is 0.152. The van der Waals surface area contributed by atoms with Crippen LogP contribution in [0.5, 0.6) is 0 Å². The maximum Gasteiger partial charge on any atom is 0.306 e. The zero-order valence-corrected chi connectivity index (χ0v) is 11.9. The molecule has 0 spiro atoms. The molecule has 0 saturated heterocycles. The molecule has 8 nitrogen and oxygen atoms in total. The first-order valence-electron chi connectivity index (χ1n) is 5.28. The number of nitrogens with zero attached hydrogens (tertiary/aromatic N) is 1. The van der Waals surface area contributed by atoms with Crippen molar-refractivity contribution >= 4 is 33.3 Å². The Morgan fingerprint density at radius 3 is 2.70 bits per heavy atom. The normalized spacial score (nSPS) is 11.1. The van der Waals surface area contributed by atoms with Crippen molar-refractivity contribution in [2.75, 3.05) is 13.7 Å².